The summed E-state index contributed by atoms with van der Waals surface area (Å²) in [6, 6.07) is 12.2. The van der Waals surface area contributed by atoms with Gasteiger partial charge in [0.05, 0.1) is 11.4 Å². The first-order valence-electron chi connectivity index (χ1n) is 6.50. The Morgan fingerprint density at radius 3 is 2.29 bits per heavy atom. The van der Waals surface area contributed by atoms with Gasteiger partial charge in [-0.15, -0.1) is 0 Å². The van der Waals surface area contributed by atoms with Crippen molar-refractivity contribution < 1.29 is 8.42 Å². The van der Waals surface area contributed by atoms with Crippen LogP contribution in [-0.2, 0) is 10.0 Å². The number of benzene rings is 2. The van der Waals surface area contributed by atoms with Crippen molar-refractivity contribution in [2.75, 3.05) is 16.6 Å². The predicted molar refractivity (Wildman–Crippen MR) is 89.9 cm³/mol. The van der Waals surface area contributed by atoms with E-state index >= 15 is 0 Å². The Hall–Kier alpha value is -1.53. The largest absolute Gasteiger partial charge is 0.398 e. The highest BCUT2D eigenvalue weighted by Gasteiger charge is 2.25. The SMILES string of the molecule is CCN(c1ccc(C)cc1)S(=O)(=O)c1ccc(Br)cc1N. The Morgan fingerprint density at radius 2 is 1.76 bits per heavy atom. The summed E-state index contributed by atoms with van der Waals surface area (Å²) >= 11 is 3.28. The van der Waals surface area contributed by atoms with Gasteiger partial charge in [0, 0.05) is 11.0 Å². The van der Waals surface area contributed by atoms with E-state index in [9.17, 15) is 8.42 Å². The van der Waals surface area contributed by atoms with Gasteiger partial charge in [0.15, 0.2) is 0 Å². The first-order valence-corrected chi connectivity index (χ1v) is 8.74. The molecular weight excluding hydrogens is 352 g/mol. The summed E-state index contributed by atoms with van der Waals surface area (Å²) in [5.74, 6) is 0. The minimum Gasteiger partial charge on any atom is -0.398 e. The Labute approximate surface area is 133 Å². The Balaban J connectivity index is 2.51. The molecule has 112 valence electrons. The molecule has 21 heavy (non-hydrogen) atoms. The summed E-state index contributed by atoms with van der Waals surface area (Å²) in [7, 11) is -3.68. The maximum atomic E-state index is 12.8. The van der Waals surface area contributed by atoms with Gasteiger partial charge in [0.25, 0.3) is 10.0 Å². The van der Waals surface area contributed by atoms with Crippen LogP contribution in [-0.4, -0.2) is 15.0 Å². The monoisotopic (exact) mass is 368 g/mol. The molecule has 0 spiro atoms. The van der Waals surface area contributed by atoms with E-state index in [1.54, 1.807) is 31.2 Å². The highest BCUT2D eigenvalue weighted by atomic mass is 79.9. The van der Waals surface area contributed by atoms with Crippen LogP contribution in [0.2, 0.25) is 0 Å². The molecule has 2 aromatic carbocycles. The third kappa shape index (κ3) is 3.22. The van der Waals surface area contributed by atoms with E-state index in [4.69, 9.17) is 5.73 Å². The van der Waals surface area contributed by atoms with Crippen molar-refractivity contribution in [1.29, 1.82) is 0 Å². The molecule has 0 aliphatic rings. The molecule has 0 fully saturated rings. The van der Waals surface area contributed by atoms with Crippen LogP contribution in [0.5, 0.6) is 0 Å². The Kier molecular flexibility index (Phi) is 4.58. The van der Waals surface area contributed by atoms with Crippen LogP contribution in [0.4, 0.5) is 11.4 Å². The maximum absolute atomic E-state index is 12.8. The fourth-order valence-corrected chi connectivity index (χ4v) is 4.03. The summed E-state index contributed by atoms with van der Waals surface area (Å²) in [4.78, 5) is 0.119. The third-order valence-electron chi connectivity index (χ3n) is 3.15. The van der Waals surface area contributed by atoms with Crippen molar-refractivity contribution in [2.24, 2.45) is 0 Å². The molecule has 0 amide bonds. The maximum Gasteiger partial charge on any atom is 0.266 e. The number of aryl methyl sites for hydroxylation is 1. The summed E-state index contributed by atoms with van der Waals surface area (Å²) in [5.41, 5.74) is 7.81. The van der Waals surface area contributed by atoms with E-state index in [1.807, 2.05) is 19.1 Å². The number of nitrogen functional groups attached to an aromatic ring is 1. The normalized spacial score (nSPS) is 11.4. The van der Waals surface area contributed by atoms with Crippen LogP contribution < -0.4 is 10.0 Å². The van der Waals surface area contributed by atoms with Crippen LogP contribution in [0.15, 0.2) is 51.8 Å². The average Bonchev–Trinajstić information content (AvgIpc) is 2.41. The Bertz CT molecular complexity index is 743. The predicted octanol–water partition coefficient (Wildman–Crippen LogP) is 3.55. The molecule has 0 saturated carbocycles. The fourth-order valence-electron chi connectivity index (χ4n) is 2.08. The van der Waals surface area contributed by atoms with Crippen molar-refractivity contribution in [3.8, 4) is 0 Å². The molecule has 0 radical (unpaired) electrons. The van der Waals surface area contributed by atoms with Crippen LogP contribution in [0.1, 0.15) is 12.5 Å². The lowest BCUT2D eigenvalue weighted by atomic mass is 10.2. The molecule has 0 saturated heterocycles. The van der Waals surface area contributed by atoms with E-state index in [0.29, 0.717) is 12.2 Å². The standard InChI is InChI=1S/C15H17BrN2O2S/c1-3-18(13-7-4-11(2)5-8-13)21(19,20)15-9-6-12(16)10-14(15)17/h4-10H,3,17H2,1-2H3. The van der Waals surface area contributed by atoms with E-state index in [2.05, 4.69) is 15.9 Å². The van der Waals surface area contributed by atoms with Crippen molar-refractivity contribution >= 4 is 37.3 Å². The zero-order valence-electron chi connectivity index (χ0n) is 11.9. The number of hydrogen-bond acceptors (Lipinski definition) is 3. The molecule has 2 rings (SSSR count). The molecule has 0 aliphatic heterocycles. The minimum absolute atomic E-state index is 0.119. The number of halogens is 1. The number of sulfonamides is 1. The lowest BCUT2D eigenvalue weighted by Gasteiger charge is -2.23. The van der Waals surface area contributed by atoms with Crippen molar-refractivity contribution in [3.05, 3.63) is 52.5 Å². The number of hydrogen-bond donors (Lipinski definition) is 1. The molecule has 0 bridgehead atoms. The quantitative estimate of drug-likeness (QED) is 0.839. The molecule has 0 aliphatic carbocycles. The van der Waals surface area contributed by atoms with E-state index in [0.717, 1.165) is 10.0 Å². The summed E-state index contributed by atoms with van der Waals surface area (Å²) in [5, 5.41) is 0. The second-order valence-electron chi connectivity index (χ2n) is 4.69. The summed E-state index contributed by atoms with van der Waals surface area (Å²) < 4.78 is 27.7. The van der Waals surface area contributed by atoms with Gasteiger partial charge in [0.2, 0.25) is 0 Å². The molecule has 0 heterocycles. The molecule has 0 unspecified atom stereocenters. The van der Waals surface area contributed by atoms with Gasteiger partial charge in [-0.25, -0.2) is 8.42 Å². The minimum atomic E-state index is -3.68. The van der Waals surface area contributed by atoms with E-state index in [-0.39, 0.29) is 10.6 Å². The topological polar surface area (TPSA) is 63.4 Å². The van der Waals surface area contributed by atoms with E-state index < -0.39 is 10.0 Å². The van der Waals surface area contributed by atoms with Gasteiger partial charge in [-0.2, -0.15) is 0 Å². The third-order valence-corrected chi connectivity index (χ3v) is 5.62. The second kappa shape index (κ2) is 6.07. The molecular formula is C15H17BrN2O2S. The van der Waals surface area contributed by atoms with Crippen LogP contribution in [0.25, 0.3) is 0 Å². The molecule has 2 aromatic rings. The first-order chi connectivity index (χ1) is 9.86. The van der Waals surface area contributed by atoms with Crippen molar-refractivity contribution in [3.63, 3.8) is 0 Å². The Morgan fingerprint density at radius 1 is 1.14 bits per heavy atom. The summed E-state index contributed by atoms with van der Waals surface area (Å²) in [6.07, 6.45) is 0. The lowest BCUT2D eigenvalue weighted by Crippen LogP contribution is -2.31. The number of nitrogens with two attached hydrogens (primary N) is 1. The number of rotatable bonds is 4. The average molecular weight is 369 g/mol. The van der Waals surface area contributed by atoms with Crippen molar-refractivity contribution in [1.82, 2.24) is 0 Å². The van der Waals surface area contributed by atoms with Gasteiger partial charge in [-0.3, -0.25) is 4.31 Å². The smallest absolute Gasteiger partial charge is 0.266 e. The highest BCUT2D eigenvalue weighted by Crippen LogP contribution is 2.29. The first kappa shape index (κ1) is 15.9. The molecule has 0 atom stereocenters. The summed E-state index contributed by atoms with van der Waals surface area (Å²) in [6.45, 7) is 4.09. The molecule has 6 heteroatoms. The molecule has 2 N–H and O–H groups in total. The lowest BCUT2D eigenvalue weighted by molar-refractivity contribution is 0.592. The van der Waals surface area contributed by atoms with Gasteiger partial charge in [0.1, 0.15) is 4.90 Å². The van der Waals surface area contributed by atoms with Gasteiger partial charge in [-0.1, -0.05) is 33.6 Å². The highest BCUT2D eigenvalue weighted by molar-refractivity contribution is 9.10. The van der Waals surface area contributed by atoms with Crippen LogP contribution in [0.3, 0.4) is 0 Å². The second-order valence-corrected chi connectivity index (χ2v) is 7.43. The van der Waals surface area contributed by atoms with Gasteiger partial charge >= 0.3 is 0 Å². The number of anilines is 2. The van der Waals surface area contributed by atoms with Crippen LogP contribution >= 0.6 is 15.9 Å². The number of nitrogens with zero attached hydrogens (tertiary/aromatic N) is 1. The van der Waals surface area contributed by atoms with Crippen molar-refractivity contribution in [2.45, 2.75) is 18.7 Å². The fraction of sp³-hybridized carbons (Fsp3) is 0.200. The molecule has 0 aromatic heterocycles. The zero-order chi connectivity index (χ0) is 15.6. The van der Waals surface area contributed by atoms with Gasteiger partial charge < -0.3 is 5.73 Å². The van der Waals surface area contributed by atoms with Crippen LogP contribution in [0, 0.1) is 6.92 Å². The van der Waals surface area contributed by atoms with Gasteiger partial charge in [-0.05, 0) is 44.2 Å². The molecule has 4 nitrogen and oxygen atoms in total. The van der Waals surface area contributed by atoms with E-state index in [1.165, 1.54) is 10.4 Å². The zero-order valence-corrected chi connectivity index (χ0v) is 14.3.